The van der Waals surface area contributed by atoms with E-state index >= 15 is 0 Å². The van der Waals surface area contributed by atoms with Crippen molar-refractivity contribution < 1.29 is 4.74 Å². The maximum absolute atomic E-state index is 6.25. The molecule has 106 valence electrons. The molecule has 1 unspecified atom stereocenters. The average Bonchev–Trinajstić information content (AvgIpc) is 3.23. The van der Waals surface area contributed by atoms with Gasteiger partial charge in [-0.2, -0.15) is 0 Å². The Morgan fingerprint density at radius 2 is 2.11 bits per heavy atom. The first-order valence-electron chi connectivity index (χ1n) is 6.95. The van der Waals surface area contributed by atoms with Gasteiger partial charge in [-0.3, -0.25) is 4.90 Å². The first-order valence-corrected chi connectivity index (χ1v) is 7.33. The highest BCUT2D eigenvalue weighted by Gasteiger charge is 2.28. The van der Waals surface area contributed by atoms with Crippen LogP contribution in [0.15, 0.2) is 24.3 Å². The van der Waals surface area contributed by atoms with Crippen LogP contribution in [-0.4, -0.2) is 37.7 Å². The molecular weight excluding hydrogens is 260 g/mol. The fraction of sp³-hybridized carbons (Fsp3) is 0.600. The minimum absolute atomic E-state index is 0.0116. The summed E-state index contributed by atoms with van der Waals surface area (Å²) in [7, 11) is 1.75. The van der Waals surface area contributed by atoms with E-state index in [0.29, 0.717) is 0 Å². The van der Waals surface area contributed by atoms with Crippen LogP contribution in [0.3, 0.4) is 0 Å². The Morgan fingerprint density at radius 3 is 2.74 bits per heavy atom. The van der Waals surface area contributed by atoms with E-state index in [0.717, 1.165) is 42.7 Å². The highest BCUT2D eigenvalue weighted by molar-refractivity contribution is 6.31. The molecule has 0 bridgehead atoms. The van der Waals surface area contributed by atoms with Crippen LogP contribution in [0.2, 0.25) is 5.02 Å². The Hall–Kier alpha value is -0.610. The van der Waals surface area contributed by atoms with Crippen molar-refractivity contribution in [3.63, 3.8) is 0 Å². The number of nitrogens with two attached hydrogens (primary N) is 1. The molecule has 0 heterocycles. The third-order valence-corrected chi connectivity index (χ3v) is 4.02. The Bertz CT molecular complexity index is 395. The standard InChI is InChI=1S/C15H23ClN2O/c1-19-11-10-18(12-6-7-12)9-8-15(17)13-4-2-3-5-14(13)16/h2-5,12,15H,6-11,17H2,1H3. The maximum Gasteiger partial charge on any atom is 0.0589 e. The van der Waals surface area contributed by atoms with Crippen molar-refractivity contribution in [1.29, 1.82) is 0 Å². The topological polar surface area (TPSA) is 38.5 Å². The van der Waals surface area contributed by atoms with Crippen molar-refractivity contribution in [1.82, 2.24) is 4.90 Å². The Labute approximate surface area is 120 Å². The van der Waals surface area contributed by atoms with Gasteiger partial charge in [0.25, 0.3) is 0 Å². The van der Waals surface area contributed by atoms with Gasteiger partial charge in [-0.1, -0.05) is 29.8 Å². The quantitative estimate of drug-likeness (QED) is 0.797. The monoisotopic (exact) mass is 282 g/mol. The molecule has 19 heavy (non-hydrogen) atoms. The van der Waals surface area contributed by atoms with E-state index in [9.17, 15) is 0 Å². The molecular formula is C15H23ClN2O. The number of methoxy groups -OCH3 is 1. The molecule has 2 N–H and O–H groups in total. The number of benzene rings is 1. The molecule has 1 saturated carbocycles. The smallest absolute Gasteiger partial charge is 0.0589 e. The molecule has 3 nitrogen and oxygen atoms in total. The van der Waals surface area contributed by atoms with E-state index in [1.54, 1.807) is 7.11 Å². The predicted octanol–water partition coefficient (Wildman–Crippen LogP) is 2.84. The lowest BCUT2D eigenvalue weighted by atomic mass is 10.0. The number of rotatable bonds is 8. The minimum Gasteiger partial charge on any atom is -0.383 e. The van der Waals surface area contributed by atoms with Crippen LogP contribution in [0.1, 0.15) is 30.9 Å². The lowest BCUT2D eigenvalue weighted by molar-refractivity contribution is 0.141. The van der Waals surface area contributed by atoms with Gasteiger partial charge >= 0.3 is 0 Å². The molecule has 1 aromatic rings. The summed E-state index contributed by atoms with van der Waals surface area (Å²) < 4.78 is 5.17. The van der Waals surface area contributed by atoms with E-state index in [2.05, 4.69) is 4.90 Å². The molecule has 1 atom stereocenters. The van der Waals surface area contributed by atoms with Gasteiger partial charge in [0.1, 0.15) is 0 Å². The normalized spacial score (nSPS) is 16.8. The average molecular weight is 283 g/mol. The molecule has 1 aromatic carbocycles. The number of nitrogens with zero attached hydrogens (tertiary/aromatic N) is 1. The maximum atomic E-state index is 6.25. The van der Waals surface area contributed by atoms with Crippen molar-refractivity contribution in [2.75, 3.05) is 26.8 Å². The van der Waals surface area contributed by atoms with Crippen LogP contribution >= 0.6 is 11.6 Å². The van der Waals surface area contributed by atoms with Gasteiger partial charge in [0.05, 0.1) is 6.61 Å². The van der Waals surface area contributed by atoms with E-state index in [1.165, 1.54) is 12.8 Å². The van der Waals surface area contributed by atoms with Crippen molar-refractivity contribution in [2.24, 2.45) is 5.73 Å². The highest BCUT2D eigenvalue weighted by Crippen LogP contribution is 2.28. The van der Waals surface area contributed by atoms with E-state index in [-0.39, 0.29) is 6.04 Å². The van der Waals surface area contributed by atoms with Gasteiger partial charge in [0.2, 0.25) is 0 Å². The highest BCUT2D eigenvalue weighted by atomic mass is 35.5. The molecule has 0 amide bonds. The second-order valence-corrected chi connectivity index (χ2v) is 5.58. The number of halogens is 1. The molecule has 0 spiro atoms. The van der Waals surface area contributed by atoms with Gasteiger partial charge in [-0.15, -0.1) is 0 Å². The SMILES string of the molecule is COCCN(CCC(N)c1ccccc1Cl)C1CC1. The van der Waals surface area contributed by atoms with Gasteiger partial charge in [0, 0.05) is 37.3 Å². The van der Waals surface area contributed by atoms with Crippen molar-refractivity contribution in [3.05, 3.63) is 34.9 Å². The van der Waals surface area contributed by atoms with Crippen LogP contribution in [0.4, 0.5) is 0 Å². The van der Waals surface area contributed by atoms with Crippen molar-refractivity contribution in [3.8, 4) is 0 Å². The third-order valence-electron chi connectivity index (χ3n) is 3.68. The second-order valence-electron chi connectivity index (χ2n) is 5.18. The first-order chi connectivity index (χ1) is 9.22. The first kappa shape index (κ1) is 14.8. The lowest BCUT2D eigenvalue weighted by Gasteiger charge is -2.23. The third kappa shape index (κ3) is 4.46. The summed E-state index contributed by atoms with van der Waals surface area (Å²) in [6, 6.07) is 8.61. The summed E-state index contributed by atoms with van der Waals surface area (Å²) in [6.45, 7) is 2.80. The predicted molar refractivity (Wildman–Crippen MR) is 79.5 cm³/mol. The zero-order chi connectivity index (χ0) is 13.7. The zero-order valence-corrected chi connectivity index (χ0v) is 12.3. The molecule has 0 aliphatic heterocycles. The molecule has 0 saturated heterocycles. The largest absolute Gasteiger partial charge is 0.383 e. The minimum atomic E-state index is 0.0116. The van der Waals surface area contributed by atoms with E-state index < -0.39 is 0 Å². The summed E-state index contributed by atoms with van der Waals surface area (Å²) in [4.78, 5) is 2.49. The second kappa shape index (κ2) is 7.25. The van der Waals surface area contributed by atoms with Crippen LogP contribution in [0, 0.1) is 0 Å². The van der Waals surface area contributed by atoms with Crippen LogP contribution in [-0.2, 0) is 4.74 Å². The Morgan fingerprint density at radius 1 is 1.37 bits per heavy atom. The fourth-order valence-corrected chi connectivity index (χ4v) is 2.64. The van der Waals surface area contributed by atoms with Crippen molar-refractivity contribution >= 4 is 11.6 Å². The molecule has 1 aliphatic rings. The molecule has 4 heteroatoms. The Kier molecular flexibility index (Phi) is 5.64. The summed E-state index contributed by atoms with van der Waals surface area (Å²) in [6.07, 6.45) is 3.56. The van der Waals surface area contributed by atoms with Crippen LogP contribution in [0.5, 0.6) is 0 Å². The molecule has 2 rings (SSSR count). The van der Waals surface area contributed by atoms with Gasteiger partial charge in [-0.05, 0) is 30.9 Å². The summed E-state index contributed by atoms with van der Waals surface area (Å²) in [5.74, 6) is 0. The molecule has 0 aromatic heterocycles. The van der Waals surface area contributed by atoms with Gasteiger partial charge < -0.3 is 10.5 Å². The molecule has 0 radical (unpaired) electrons. The van der Waals surface area contributed by atoms with Gasteiger partial charge in [-0.25, -0.2) is 0 Å². The van der Waals surface area contributed by atoms with Crippen LogP contribution in [0.25, 0.3) is 0 Å². The summed E-state index contributed by atoms with van der Waals surface area (Å²) >= 11 is 6.18. The number of hydrogen-bond donors (Lipinski definition) is 1. The van der Waals surface area contributed by atoms with Crippen molar-refractivity contribution in [2.45, 2.75) is 31.3 Å². The zero-order valence-electron chi connectivity index (χ0n) is 11.5. The molecule has 1 aliphatic carbocycles. The van der Waals surface area contributed by atoms with E-state index in [4.69, 9.17) is 22.1 Å². The number of ether oxygens (including phenoxy) is 1. The fourth-order valence-electron chi connectivity index (χ4n) is 2.36. The number of hydrogen-bond acceptors (Lipinski definition) is 3. The summed E-state index contributed by atoms with van der Waals surface area (Å²) in [5, 5.41) is 0.768. The Balaban J connectivity index is 1.84. The van der Waals surface area contributed by atoms with E-state index in [1.807, 2.05) is 24.3 Å². The van der Waals surface area contributed by atoms with Gasteiger partial charge in [0.15, 0.2) is 0 Å². The van der Waals surface area contributed by atoms with Crippen LogP contribution < -0.4 is 5.73 Å². The lowest BCUT2D eigenvalue weighted by Crippen LogP contribution is -2.32. The molecule has 1 fully saturated rings. The summed E-state index contributed by atoms with van der Waals surface area (Å²) in [5.41, 5.74) is 7.30.